The van der Waals surface area contributed by atoms with Crippen molar-refractivity contribution in [3.05, 3.63) is 52.8 Å². The van der Waals surface area contributed by atoms with Gasteiger partial charge in [0, 0.05) is 17.3 Å². The van der Waals surface area contributed by atoms with Crippen LogP contribution >= 0.6 is 11.6 Å². The molecule has 1 atom stereocenters. The molecule has 0 aliphatic heterocycles. The minimum Gasteiger partial charge on any atom is -0.330 e. The average Bonchev–Trinajstić information content (AvgIpc) is 2.89. The smallest absolute Gasteiger partial charge is 0.0628 e. The van der Waals surface area contributed by atoms with Gasteiger partial charge in [-0.05, 0) is 62.9 Å². The summed E-state index contributed by atoms with van der Waals surface area (Å²) in [6.07, 6.45) is 3.91. The van der Waals surface area contributed by atoms with Crippen LogP contribution in [0, 0.1) is 5.92 Å². The first-order valence-corrected chi connectivity index (χ1v) is 7.45. The summed E-state index contributed by atoms with van der Waals surface area (Å²) in [5.41, 5.74) is 8.29. The van der Waals surface area contributed by atoms with Crippen molar-refractivity contribution in [1.29, 1.82) is 0 Å². The van der Waals surface area contributed by atoms with Crippen LogP contribution in [0.1, 0.15) is 31.1 Å². The summed E-state index contributed by atoms with van der Waals surface area (Å²) in [4.78, 5) is 0. The lowest BCUT2D eigenvalue weighted by molar-refractivity contribution is 0.497. The van der Waals surface area contributed by atoms with Crippen LogP contribution in [0.15, 0.2) is 36.5 Å². The highest BCUT2D eigenvalue weighted by Gasteiger charge is 2.11. The molecule has 108 valence electrons. The predicted molar refractivity (Wildman–Crippen MR) is 84.0 cm³/mol. The van der Waals surface area contributed by atoms with E-state index in [4.69, 9.17) is 17.3 Å². The summed E-state index contributed by atoms with van der Waals surface area (Å²) in [7, 11) is 0. The number of benzene rings is 1. The van der Waals surface area contributed by atoms with Gasteiger partial charge in [-0.25, -0.2) is 0 Å². The Bertz CT molecular complexity index is 531. The Morgan fingerprint density at radius 3 is 2.40 bits per heavy atom. The molecule has 0 fully saturated rings. The highest BCUT2D eigenvalue weighted by Crippen LogP contribution is 2.16. The largest absolute Gasteiger partial charge is 0.330 e. The molecule has 0 aliphatic carbocycles. The Hall–Kier alpha value is -1.32. The molecule has 1 aromatic carbocycles. The van der Waals surface area contributed by atoms with Gasteiger partial charge in [-0.1, -0.05) is 23.7 Å². The number of halogens is 1. The summed E-state index contributed by atoms with van der Waals surface area (Å²) in [5, 5.41) is 5.37. The fourth-order valence-electron chi connectivity index (χ4n) is 2.26. The summed E-state index contributed by atoms with van der Waals surface area (Å²) in [6, 6.07) is 10.5. The molecule has 0 radical (unpaired) electrons. The van der Waals surface area contributed by atoms with E-state index in [1.165, 1.54) is 5.56 Å². The molecule has 1 aromatic heterocycles. The lowest BCUT2D eigenvalue weighted by Gasteiger charge is -2.13. The Morgan fingerprint density at radius 1 is 1.15 bits per heavy atom. The topological polar surface area (TPSA) is 43.8 Å². The van der Waals surface area contributed by atoms with Crippen LogP contribution in [0.5, 0.6) is 0 Å². The van der Waals surface area contributed by atoms with Crippen LogP contribution in [-0.2, 0) is 12.8 Å². The number of nitrogens with two attached hydrogens (primary N) is 1. The molecule has 0 bridgehead atoms. The molecule has 2 aromatic rings. The van der Waals surface area contributed by atoms with Gasteiger partial charge < -0.3 is 5.73 Å². The number of hydrogen-bond acceptors (Lipinski definition) is 2. The van der Waals surface area contributed by atoms with Crippen molar-refractivity contribution < 1.29 is 0 Å². The summed E-state index contributed by atoms with van der Waals surface area (Å²) in [5.74, 6) is 0.409. The molecule has 0 spiro atoms. The highest BCUT2D eigenvalue weighted by atomic mass is 35.5. The second kappa shape index (κ2) is 6.91. The van der Waals surface area contributed by atoms with E-state index in [0.29, 0.717) is 18.5 Å². The van der Waals surface area contributed by atoms with Gasteiger partial charge in [0.15, 0.2) is 0 Å². The quantitative estimate of drug-likeness (QED) is 0.885. The molecule has 0 saturated heterocycles. The summed E-state index contributed by atoms with van der Waals surface area (Å²) >= 11 is 5.91. The van der Waals surface area contributed by atoms with Crippen LogP contribution in [0.25, 0.3) is 0 Å². The number of aromatic nitrogens is 2. The molecule has 4 heteroatoms. The number of hydrogen-bond donors (Lipinski definition) is 1. The first-order chi connectivity index (χ1) is 9.58. The SMILES string of the molecule is CC(C)n1ccc(CC(CN)Cc2ccc(Cl)cc2)n1. The molecule has 3 nitrogen and oxygen atoms in total. The monoisotopic (exact) mass is 291 g/mol. The van der Waals surface area contributed by atoms with Gasteiger partial charge in [-0.15, -0.1) is 0 Å². The lowest BCUT2D eigenvalue weighted by Crippen LogP contribution is -2.19. The first kappa shape index (κ1) is 15.1. The zero-order valence-corrected chi connectivity index (χ0v) is 12.8. The zero-order chi connectivity index (χ0) is 14.5. The normalized spacial score (nSPS) is 12.8. The molecule has 0 amide bonds. The van der Waals surface area contributed by atoms with Crippen molar-refractivity contribution >= 4 is 11.6 Å². The molecule has 1 unspecified atom stereocenters. The second-order valence-corrected chi connectivity index (χ2v) is 5.95. The average molecular weight is 292 g/mol. The minimum atomic E-state index is 0.399. The Balaban J connectivity index is 1.99. The summed E-state index contributed by atoms with van der Waals surface area (Å²) in [6.45, 7) is 4.92. The third-order valence-electron chi connectivity index (χ3n) is 3.46. The van der Waals surface area contributed by atoms with Crippen LogP contribution < -0.4 is 5.73 Å². The fraction of sp³-hybridized carbons (Fsp3) is 0.438. The van der Waals surface area contributed by atoms with Gasteiger partial charge in [0.25, 0.3) is 0 Å². The van der Waals surface area contributed by atoms with E-state index in [2.05, 4.69) is 37.1 Å². The van der Waals surface area contributed by atoms with Crippen LogP contribution in [0.4, 0.5) is 0 Å². The maximum Gasteiger partial charge on any atom is 0.0628 e. The molecular weight excluding hydrogens is 270 g/mol. The number of rotatable bonds is 6. The maximum absolute atomic E-state index is 5.91. The van der Waals surface area contributed by atoms with E-state index in [1.807, 2.05) is 23.0 Å². The lowest BCUT2D eigenvalue weighted by atomic mass is 9.95. The van der Waals surface area contributed by atoms with E-state index in [1.54, 1.807) is 0 Å². The van der Waals surface area contributed by atoms with Crippen molar-refractivity contribution in [2.45, 2.75) is 32.7 Å². The van der Waals surface area contributed by atoms with Gasteiger partial charge in [0.2, 0.25) is 0 Å². The molecule has 1 heterocycles. The van der Waals surface area contributed by atoms with Crippen molar-refractivity contribution in [1.82, 2.24) is 9.78 Å². The van der Waals surface area contributed by atoms with Crippen molar-refractivity contribution in [2.24, 2.45) is 11.7 Å². The molecule has 2 N–H and O–H groups in total. The Kier molecular flexibility index (Phi) is 5.21. The standard InChI is InChI=1S/C16H22ClN3/c1-12(2)20-8-7-16(19-20)10-14(11-18)9-13-3-5-15(17)6-4-13/h3-8,12,14H,9-11,18H2,1-2H3. The highest BCUT2D eigenvalue weighted by molar-refractivity contribution is 6.30. The van der Waals surface area contributed by atoms with Gasteiger partial charge in [-0.3, -0.25) is 4.68 Å². The minimum absolute atomic E-state index is 0.399. The van der Waals surface area contributed by atoms with Crippen molar-refractivity contribution in [3.8, 4) is 0 Å². The Labute approximate surface area is 125 Å². The van der Waals surface area contributed by atoms with E-state index in [9.17, 15) is 0 Å². The van der Waals surface area contributed by atoms with Crippen LogP contribution in [-0.4, -0.2) is 16.3 Å². The molecular formula is C16H22ClN3. The third kappa shape index (κ3) is 4.09. The van der Waals surface area contributed by atoms with E-state index < -0.39 is 0 Å². The third-order valence-corrected chi connectivity index (χ3v) is 3.71. The fourth-order valence-corrected chi connectivity index (χ4v) is 2.39. The number of nitrogens with zero attached hydrogens (tertiary/aromatic N) is 2. The van der Waals surface area contributed by atoms with Crippen molar-refractivity contribution in [2.75, 3.05) is 6.54 Å². The Morgan fingerprint density at radius 2 is 1.85 bits per heavy atom. The molecule has 2 rings (SSSR count). The van der Waals surface area contributed by atoms with Crippen molar-refractivity contribution in [3.63, 3.8) is 0 Å². The zero-order valence-electron chi connectivity index (χ0n) is 12.1. The predicted octanol–water partition coefficient (Wildman–Crippen LogP) is 3.48. The van der Waals surface area contributed by atoms with E-state index in [0.717, 1.165) is 23.6 Å². The van der Waals surface area contributed by atoms with Gasteiger partial charge in [0.05, 0.1) is 5.69 Å². The summed E-state index contributed by atoms with van der Waals surface area (Å²) < 4.78 is 1.99. The van der Waals surface area contributed by atoms with Crippen LogP contribution in [0.3, 0.4) is 0 Å². The van der Waals surface area contributed by atoms with Crippen LogP contribution in [0.2, 0.25) is 5.02 Å². The van der Waals surface area contributed by atoms with Gasteiger partial charge in [0.1, 0.15) is 0 Å². The second-order valence-electron chi connectivity index (χ2n) is 5.52. The van der Waals surface area contributed by atoms with Gasteiger partial charge in [-0.2, -0.15) is 5.10 Å². The van der Waals surface area contributed by atoms with E-state index >= 15 is 0 Å². The molecule has 0 aliphatic rings. The maximum atomic E-state index is 5.91. The van der Waals surface area contributed by atoms with Gasteiger partial charge >= 0.3 is 0 Å². The molecule has 0 saturated carbocycles. The van der Waals surface area contributed by atoms with E-state index in [-0.39, 0.29) is 0 Å². The first-order valence-electron chi connectivity index (χ1n) is 7.07. The molecule has 20 heavy (non-hydrogen) atoms.